The van der Waals surface area contributed by atoms with Gasteiger partial charge in [0.25, 0.3) is 0 Å². The highest BCUT2D eigenvalue weighted by atomic mass is 32.1. The molecule has 0 saturated carbocycles. The van der Waals surface area contributed by atoms with Crippen molar-refractivity contribution < 1.29 is 14.3 Å². The van der Waals surface area contributed by atoms with Crippen LogP contribution in [0.1, 0.15) is 36.9 Å². The van der Waals surface area contributed by atoms with Crippen molar-refractivity contribution in [3.63, 3.8) is 0 Å². The van der Waals surface area contributed by atoms with E-state index < -0.39 is 0 Å². The molecule has 2 heterocycles. The fourth-order valence-electron chi connectivity index (χ4n) is 3.16. The zero-order valence-electron chi connectivity index (χ0n) is 17.1. The Morgan fingerprint density at radius 1 is 1.25 bits per heavy atom. The van der Waals surface area contributed by atoms with Crippen LogP contribution in [0, 0.1) is 0 Å². The number of aromatic nitrogens is 1. The quantitative estimate of drug-likeness (QED) is 0.802. The van der Waals surface area contributed by atoms with Gasteiger partial charge >= 0.3 is 0 Å². The summed E-state index contributed by atoms with van der Waals surface area (Å²) < 4.78 is 10.6. The number of benzene rings is 1. The summed E-state index contributed by atoms with van der Waals surface area (Å²) in [7, 11) is 1.67. The van der Waals surface area contributed by atoms with Gasteiger partial charge in [0, 0.05) is 29.8 Å². The third-order valence-corrected chi connectivity index (χ3v) is 5.62. The van der Waals surface area contributed by atoms with Gasteiger partial charge in [-0.05, 0) is 17.7 Å². The topological polar surface area (TPSA) is 63.7 Å². The van der Waals surface area contributed by atoms with Gasteiger partial charge in [-0.15, -0.1) is 11.3 Å². The number of anilines is 1. The highest BCUT2D eigenvalue weighted by Crippen LogP contribution is 2.34. The third kappa shape index (κ3) is 5.53. The zero-order valence-corrected chi connectivity index (χ0v) is 17.9. The SMILES string of the molecule is COc1ccc(Cc2sc(NC(=O)CN3CCOCC3)nc2C(C)(C)C)cc1. The second-order valence-corrected chi connectivity index (χ2v) is 9.09. The lowest BCUT2D eigenvalue weighted by molar-refractivity contribution is -0.118. The van der Waals surface area contributed by atoms with Crippen LogP contribution in [0.5, 0.6) is 5.75 Å². The molecule has 1 saturated heterocycles. The van der Waals surface area contributed by atoms with Crippen LogP contribution in [-0.2, 0) is 21.4 Å². The number of carbonyl (C=O) groups excluding carboxylic acids is 1. The van der Waals surface area contributed by atoms with Gasteiger partial charge < -0.3 is 14.8 Å². The molecule has 1 N–H and O–H groups in total. The number of morpholine rings is 1. The van der Waals surface area contributed by atoms with Crippen LogP contribution in [0.3, 0.4) is 0 Å². The number of thiazole rings is 1. The maximum Gasteiger partial charge on any atom is 0.240 e. The molecule has 3 rings (SSSR count). The molecule has 1 amide bonds. The number of carbonyl (C=O) groups is 1. The van der Waals surface area contributed by atoms with Gasteiger partial charge in [-0.25, -0.2) is 4.98 Å². The van der Waals surface area contributed by atoms with Gasteiger partial charge in [0.2, 0.25) is 5.91 Å². The Bertz CT molecular complexity index is 790. The van der Waals surface area contributed by atoms with Gasteiger partial charge in [-0.2, -0.15) is 0 Å². The molecule has 1 aromatic heterocycles. The molecule has 0 atom stereocenters. The number of rotatable bonds is 6. The standard InChI is InChI=1S/C21H29N3O3S/c1-21(2,3)19-17(13-15-5-7-16(26-4)8-6-15)28-20(23-19)22-18(25)14-24-9-11-27-12-10-24/h5-8H,9-14H2,1-4H3,(H,22,23,25). The van der Waals surface area contributed by atoms with Crippen LogP contribution in [-0.4, -0.2) is 55.7 Å². The predicted molar refractivity (Wildman–Crippen MR) is 113 cm³/mol. The Hall–Kier alpha value is -1.96. The highest BCUT2D eigenvalue weighted by molar-refractivity contribution is 7.15. The number of nitrogens with one attached hydrogen (secondary N) is 1. The molecule has 28 heavy (non-hydrogen) atoms. The van der Waals surface area contributed by atoms with Gasteiger partial charge in [-0.1, -0.05) is 32.9 Å². The van der Waals surface area contributed by atoms with E-state index >= 15 is 0 Å². The van der Waals surface area contributed by atoms with Crippen molar-refractivity contribution >= 4 is 22.4 Å². The first-order valence-electron chi connectivity index (χ1n) is 9.58. The molecule has 1 aromatic carbocycles. The Balaban J connectivity index is 1.72. The molecule has 0 bridgehead atoms. The lowest BCUT2D eigenvalue weighted by Gasteiger charge is -2.25. The molecule has 7 heteroatoms. The van der Waals surface area contributed by atoms with E-state index in [2.05, 4.69) is 43.1 Å². The summed E-state index contributed by atoms with van der Waals surface area (Å²) in [6, 6.07) is 8.08. The number of methoxy groups -OCH3 is 1. The van der Waals surface area contributed by atoms with E-state index in [-0.39, 0.29) is 11.3 Å². The van der Waals surface area contributed by atoms with Gasteiger partial charge in [-0.3, -0.25) is 9.69 Å². The maximum absolute atomic E-state index is 12.4. The van der Waals surface area contributed by atoms with Crippen molar-refractivity contribution in [3.8, 4) is 5.75 Å². The fraction of sp³-hybridized carbons (Fsp3) is 0.524. The summed E-state index contributed by atoms with van der Waals surface area (Å²) >= 11 is 1.56. The minimum absolute atomic E-state index is 0.0212. The van der Waals surface area contributed by atoms with E-state index in [9.17, 15) is 4.79 Å². The summed E-state index contributed by atoms with van der Waals surface area (Å²) in [6.07, 6.45) is 0.785. The molecule has 0 aliphatic carbocycles. The second-order valence-electron chi connectivity index (χ2n) is 8.00. The molecular formula is C21H29N3O3S. The summed E-state index contributed by atoms with van der Waals surface area (Å²) in [4.78, 5) is 20.5. The first-order valence-corrected chi connectivity index (χ1v) is 10.4. The molecular weight excluding hydrogens is 374 g/mol. The van der Waals surface area contributed by atoms with Crippen molar-refractivity contribution in [2.24, 2.45) is 0 Å². The lowest BCUT2D eigenvalue weighted by Crippen LogP contribution is -2.41. The fourth-order valence-corrected chi connectivity index (χ4v) is 4.38. The lowest BCUT2D eigenvalue weighted by atomic mass is 9.90. The molecule has 2 aromatic rings. The van der Waals surface area contributed by atoms with Crippen molar-refractivity contribution in [2.45, 2.75) is 32.6 Å². The first-order chi connectivity index (χ1) is 13.3. The molecule has 1 aliphatic heterocycles. The summed E-state index contributed by atoms with van der Waals surface area (Å²) in [5, 5.41) is 3.66. The predicted octanol–water partition coefficient (Wildman–Crippen LogP) is 3.31. The Kier molecular flexibility index (Phi) is 6.69. The van der Waals surface area contributed by atoms with Crippen LogP contribution < -0.4 is 10.1 Å². The molecule has 0 spiro atoms. The Morgan fingerprint density at radius 2 is 1.93 bits per heavy atom. The average molecular weight is 404 g/mol. The first kappa shape index (κ1) is 20.8. The van der Waals surface area contributed by atoms with Crippen LogP contribution in [0.25, 0.3) is 0 Å². The Labute approximate surface area is 170 Å². The molecule has 6 nitrogen and oxygen atoms in total. The highest BCUT2D eigenvalue weighted by Gasteiger charge is 2.24. The van der Waals surface area contributed by atoms with Crippen LogP contribution in [0.4, 0.5) is 5.13 Å². The van der Waals surface area contributed by atoms with E-state index in [0.717, 1.165) is 31.0 Å². The van der Waals surface area contributed by atoms with Crippen molar-refractivity contribution in [1.29, 1.82) is 0 Å². The summed E-state index contributed by atoms with van der Waals surface area (Å²) in [5.74, 6) is 0.826. The Morgan fingerprint density at radius 3 is 2.54 bits per heavy atom. The number of ether oxygens (including phenoxy) is 2. The molecule has 152 valence electrons. The average Bonchev–Trinajstić information content (AvgIpc) is 3.05. The molecule has 1 aliphatic rings. The third-order valence-electron chi connectivity index (χ3n) is 4.65. The van der Waals surface area contributed by atoms with Crippen LogP contribution in [0.2, 0.25) is 0 Å². The second kappa shape index (κ2) is 9.03. The molecule has 0 radical (unpaired) electrons. The van der Waals surface area contributed by atoms with E-state index in [1.807, 2.05) is 12.1 Å². The van der Waals surface area contributed by atoms with Gasteiger partial charge in [0.05, 0.1) is 32.6 Å². The van der Waals surface area contributed by atoms with Crippen molar-refractivity contribution in [3.05, 3.63) is 40.4 Å². The zero-order chi connectivity index (χ0) is 20.1. The summed E-state index contributed by atoms with van der Waals surface area (Å²) in [6.45, 7) is 9.79. The van der Waals surface area contributed by atoms with E-state index in [4.69, 9.17) is 14.5 Å². The normalized spacial score (nSPS) is 15.4. The van der Waals surface area contributed by atoms with Gasteiger partial charge in [0.15, 0.2) is 5.13 Å². The largest absolute Gasteiger partial charge is 0.497 e. The number of hydrogen-bond acceptors (Lipinski definition) is 6. The van der Waals surface area contributed by atoms with Crippen molar-refractivity contribution in [1.82, 2.24) is 9.88 Å². The maximum atomic E-state index is 12.4. The van der Waals surface area contributed by atoms with Crippen LogP contribution >= 0.6 is 11.3 Å². The monoisotopic (exact) mass is 403 g/mol. The van der Waals surface area contributed by atoms with Gasteiger partial charge in [0.1, 0.15) is 5.75 Å². The number of nitrogens with zero attached hydrogens (tertiary/aromatic N) is 2. The molecule has 0 unspecified atom stereocenters. The van der Waals surface area contributed by atoms with E-state index in [1.165, 1.54) is 10.4 Å². The minimum Gasteiger partial charge on any atom is -0.497 e. The number of hydrogen-bond donors (Lipinski definition) is 1. The summed E-state index contributed by atoms with van der Waals surface area (Å²) in [5.41, 5.74) is 2.14. The molecule has 1 fully saturated rings. The number of amides is 1. The van der Waals surface area contributed by atoms with Crippen LogP contribution in [0.15, 0.2) is 24.3 Å². The van der Waals surface area contributed by atoms with Crippen molar-refractivity contribution in [2.75, 3.05) is 45.3 Å². The van der Waals surface area contributed by atoms with E-state index in [1.54, 1.807) is 18.4 Å². The smallest absolute Gasteiger partial charge is 0.240 e. The minimum atomic E-state index is -0.0918. The van der Waals surface area contributed by atoms with E-state index in [0.29, 0.717) is 24.9 Å².